The number of carbonyl (C=O) groups is 3. The summed E-state index contributed by atoms with van der Waals surface area (Å²) < 4.78 is 0. The van der Waals surface area contributed by atoms with E-state index in [-0.39, 0.29) is 35.1 Å². The standard InChI is InChI=1S/C22H35N3O3/c1-14(2)25-13-18(8-20(25)27)21(28)24-4-3-23-19(26)12-22-9-15-5-16(10-22)7-17(6-15)11-22/h14-18H,3-13H2,1-2H3,(H,23,26)(H,24,28). The summed E-state index contributed by atoms with van der Waals surface area (Å²) in [6.07, 6.45) is 8.86. The van der Waals surface area contributed by atoms with E-state index in [0.29, 0.717) is 32.5 Å². The summed E-state index contributed by atoms with van der Waals surface area (Å²) in [4.78, 5) is 38.5. The molecule has 156 valence electrons. The SMILES string of the molecule is CC(C)N1CC(C(=O)NCCNC(=O)CC23CC4CC(CC(C4)C2)C3)CC1=O. The summed E-state index contributed by atoms with van der Waals surface area (Å²) in [7, 11) is 0. The van der Waals surface area contributed by atoms with Crippen molar-refractivity contribution in [2.75, 3.05) is 19.6 Å². The van der Waals surface area contributed by atoms with E-state index in [1.165, 1.54) is 38.5 Å². The lowest BCUT2D eigenvalue weighted by Gasteiger charge is -2.56. The summed E-state index contributed by atoms with van der Waals surface area (Å²) in [5.41, 5.74) is 0.257. The minimum absolute atomic E-state index is 0.0547. The fourth-order valence-electron chi connectivity index (χ4n) is 6.85. The number of likely N-dealkylation sites (tertiary alicyclic amines) is 1. The number of amides is 3. The molecule has 4 aliphatic carbocycles. The molecule has 0 aromatic rings. The molecule has 5 rings (SSSR count). The van der Waals surface area contributed by atoms with Gasteiger partial charge in [0, 0.05) is 38.5 Å². The lowest BCUT2D eigenvalue weighted by Crippen LogP contribution is -2.48. The van der Waals surface area contributed by atoms with Gasteiger partial charge in [0.05, 0.1) is 5.92 Å². The van der Waals surface area contributed by atoms with Crippen LogP contribution in [0.3, 0.4) is 0 Å². The number of hydrogen-bond acceptors (Lipinski definition) is 3. The maximum Gasteiger partial charge on any atom is 0.225 e. The highest BCUT2D eigenvalue weighted by Gasteiger charge is 2.51. The molecule has 0 aromatic carbocycles. The quantitative estimate of drug-likeness (QED) is 0.655. The van der Waals surface area contributed by atoms with Crippen molar-refractivity contribution in [2.45, 2.75) is 71.3 Å². The van der Waals surface area contributed by atoms with Gasteiger partial charge in [-0.1, -0.05) is 0 Å². The predicted molar refractivity (Wildman–Crippen MR) is 106 cm³/mol. The van der Waals surface area contributed by atoms with Crippen LogP contribution < -0.4 is 10.6 Å². The van der Waals surface area contributed by atoms with E-state index in [1.807, 2.05) is 13.8 Å². The zero-order valence-corrected chi connectivity index (χ0v) is 17.3. The van der Waals surface area contributed by atoms with Crippen LogP contribution in [0.25, 0.3) is 0 Å². The Morgan fingerprint density at radius 2 is 1.61 bits per heavy atom. The van der Waals surface area contributed by atoms with Crippen molar-refractivity contribution in [1.29, 1.82) is 0 Å². The van der Waals surface area contributed by atoms with Gasteiger partial charge in [-0.05, 0) is 75.5 Å². The van der Waals surface area contributed by atoms with Gasteiger partial charge in [-0.25, -0.2) is 0 Å². The third kappa shape index (κ3) is 4.06. The van der Waals surface area contributed by atoms with Crippen molar-refractivity contribution >= 4 is 17.7 Å². The molecule has 1 aliphatic heterocycles. The molecule has 5 fully saturated rings. The van der Waals surface area contributed by atoms with Crippen LogP contribution in [-0.2, 0) is 14.4 Å². The average molecular weight is 390 g/mol. The highest BCUT2D eigenvalue weighted by molar-refractivity contribution is 5.89. The normalized spacial score (nSPS) is 36.2. The van der Waals surface area contributed by atoms with Crippen molar-refractivity contribution < 1.29 is 14.4 Å². The molecular weight excluding hydrogens is 354 g/mol. The molecule has 1 atom stereocenters. The van der Waals surface area contributed by atoms with E-state index in [2.05, 4.69) is 10.6 Å². The number of nitrogens with zero attached hydrogens (tertiary/aromatic N) is 1. The zero-order chi connectivity index (χ0) is 19.9. The summed E-state index contributed by atoms with van der Waals surface area (Å²) in [6.45, 7) is 5.33. The molecule has 0 aromatic heterocycles. The van der Waals surface area contributed by atoms with Crippen LogP contribution in [0.15, 0.2) is 0 Å². The maximum atomic E-state index is 12.5. The van der Waals surface area contributed by atoms with Crippen molar-refractivity contribution in [3.8, 4) is 0 Å². The summed E-state index contributed by atoms with van der Waals surface area (Å²) in [5.74, 6) is 2.43. The van der Waals surface area contributed by atoms with Gasteiger partial charge >= 0.3 is 0 Å². The molecule has 28 heavy (non-hydrogen) atoms. The molecule has 5 aliphatic rings. The smallest absolute Gasteiger partial charge is 0.225 e. The average Bonchev–Trinajstić information content (AvgIpc) is 2.99. The van der Waals surface area contributed by atoms with Crippen LogP contribution in [0.5, 0.6) is 0 Å². The van der Waals surface area contributed by atoms with Gasteiger partial charge in [-0.15, -0.1) is 0 Å². The van der Waals surface area contributed by atoms with Crippen LogP contribution in [0.1, 0.15) is 65.2 Å². The first-order chi connectivity index (χ1) is 13.3. The molecule has 0 spiro atoms. The third-order valence-corrected chi connectivity index (χ3v) is 7.60. The molecule has 6 heteroatoms. The van der Waals surface area contributed by atoms with Crippen LogP contribution in [0.2, 0.25) is 0 Å². The highest BCUT2D eigenvalue weighted by atomic mass is 16.2. The Bertz CT molecular complexity index is 610. The van der Waals surface area contributed by atoms with Gasteiger partial charge in [0.1, 0.15) is 0 Å². The van der Waals surface area contributed by atoms with Crippen molar-refractivity contribution in [3.05, 3.63) is 0 Å². The monoisotopic (exact) mass is 389 g/mol. The van der Waals surface area contributed by atoms with E-state index in [1.54, 1.807) is 4.90 Å². The lowest BCUT2D eigenvalue weighted by atomic mass is 9.49. The molecule has 1 heterocycles. The Labute approximate surface area is 168 Å². The Hall–Kier alpha value is -1.59. The Kier molecular flexibility index (Phi) is 5.41. The van der Waals surface area contributed by atoms with E-state index in [0.717, 1.165) is 17.8 Å². The predicted octanol–water partition coefficient (Wildman–Crippen LogP) is 2.08. The number of hydrogen-bond donors (Lipinski definition) is 2. The second-order valence-corrected chi connectivity index (χ2v) is 10.3. The fourth-order valence-corrected chi connectivity index (χ4v) is 6.85. The van der Waals surface area contributed by atoms with E-state index in [4.69, 9.17) is 0 Å². The maximum absolute atomic E-state index is 12.5. The van der Waals surface area contributed by atoms with Gasteiger partial charge in [0.2, 0.25) is 17.7 Å². The van der Waals surface area contributed by atoms with Crippen LogP contribution in [-0.4, -0.2) is 48.3 Å². The lowest BCUT2D eigenvalue weighted by molar-refractivity contribution is -0.130. The first-order valence-corrected chi connectivity index (χ1v) is 11.2. The first-order valence-electron chi connectivity index (χ1n) is 11.2. The number of carbonyl (C=O) groups excluding carboxylic acids is 3. The molecule has 3 amide bonds. The zero-order valence-electron chi connectivity index (χ0n) is 17.3. The largest absolute Gasteiger partial charge is 0.354 e. The molecule has 4 bridgehead atoms. The molecule has 0 radical (unpaired) electrons. The highest BCUT2D eigenvalue weighted by Crippen LogP contribution is 2.61. The Morgan fingerprint density at radius 3 is 2.14 bits per heavy atom. The van der Waals surface area contributed by atoms with Crippen molar-refractivity contribution in [3.63, 3.8) is 0 Å². The molecule has 4 saturated carbocycles. The van der Waals surface area contributed by atoms with Gasteiger partial charge < -0.3 is 15.5 Å². The summed E-state index contributed by atoms with van der Waals surface area (Å²) in [5, 5.41) is 5.90. The topological polar surface area (TPSA) is 78.5 Å². The third-order valence-electron chi connectivity index (χ3n) is 7.60. The molecule has 1 unspecified atom stereocenters. The summed E-state index contributed by atoms with van der Waals surface area (Å²) in [6, 6.07) is 0.133. The van der Waals surface area contributed by atoms with Crippen LogP contribution in [0.4, 0.5) is 0 Å². The Morgan fingerprint density at radius 1 is 1.04 bits per heavy atom. The fraction of sp³-hybridized carbons (Fsp3) is 0.864. The minimum atomic E-state index is -0.266. The van der Waals surface area contributed by atoms with E-state index < -0.39 is 0 Å². The van der Waals surface area contributed by atoms with Gasteiger partial charge in [-0.2, -0.15) is 0 Å². The second-order valence-electron chi connectivity index (χ2n) is 10.3. The van der Waals surface area contributed by atoms with E-state index >= 15 is 0 Å². The second kappa shape index (κ2) is 7.68. The number of nitrogens with one attached hydrogen (secondary N) is 2. The van der Waals surface area contributed by atoms with Gasteiger partial charge in [-0.3, -0.25) is 14.4 Å². The van der Waals surface area contributed by atoms with E-state index in [9.17, 15) is 14.4 Å². The van der Waals surface area contributed by atoms with Gasteiger partial charge in [0.25, 0.3) is 0 Å². The number of rotatable bonds is 7. The Balaban J connectivity index is 1.16. The first kappa shape index (κ1) is 19.7. The van der Waals surface area contributed by atoms with Gasteiger partial charge in [0.15, 0.2) is 0 Å². The van der Waals surface area contributed by atoms with Crippen LogP contribution >= 0.6 is 0 Å². The molecular formula is C22H35N3O3. The molecule has 2 N–H and O–H groups in total. The van der Waals surface area contributed by atoms with Crippen molar-refractivity contribution in [1.82, 2.24) is 15.5 Å². The molecule has 1 saturated heterocycles. The van der Waals surface area contributed by atoms with Crippen molar-refractivity contribution in [2.24, 2.45) is 29.1 Å². The van der Waals surface area contributed by atoms with Crippen LogP contribution in [0, 0.1) is 29.1 Å². The summed E-state index contributed by atoms with van der Waals surface area (Å²) >= 11 is 0. The molecule has 6 nitrogen and oxygen atoms in total. The minimum Gasteiger partial charge on any atom is -0.354 e.